The Morgan fingerprint density at radius 3 is 2.37 bits per heavy atom. The molecule has 0 radical (unpaired) electrons. The lowest BCUT2D eigenvalue weighted by atomic mass is 9.98. The second-order valence-electron chi connectivity index (χ2n) is 5.61. The van der Waals surface area contributed by atoms with Gasteiger partial charge in [-0.15, -0.1) is 0 Å². The minimum Gasteiger partial charge on any atom is -0.468 e. The van der Waals surface area contributed by atoms with Crippen LogP contribution >= 0.6 is 0 Å². The molecule has 0 aromatic heterocycles. The van der Waals surface area contributed by atoms with Crippen LogP contribution in [0.25, 0.3) is 11.1 Å². The number of Topliss-reactive ketones (excluding diaryl/α,β-unsaturated/α-hetero) is 1. The summed E-state index contributed by atoms with van der Waals surface area (Å²) in [6.45, 7) is 0.669. The zero-order chi connectivity index (χ0) is 19.8. The van der Waals surface area contributed by atoms with Gasteiger partial charge in [-0.3, -0.25) is 19.7 Å². The van der Waals surface area contributed by atoms with Crippen LogP contribution in [0.15, 0.2) is 42.5 Å². The third-order valence-electron chi connectivity index (χ3n) is 3.90. The average Bonchev–Trinajstić information content (AvgIpc) is 2.67. The molecule has 0 atom stereocenters. The van der Waals surface area contributed by atoms with Crippen molar-refractivity contribution in [3.63, 3.8) is 0 Å². The number of carbonyl (C=O) groups excluding carboxylic acids is 3. The monoisotopic (exact) mass is 371 g/mol. The van der Waals surface area contributed by atoms with Gasteiger partial charge in [-0.05, 0) is 28.8 Å². The Labute approximate surface area is 154 Å². The van der Waals surface area contributed by atoms with Crippen molar-refractivity contribution < 1.29 is 28.8 Å². The third kappa shape index (κ3) is 5.21. The van der Waals surface area contributed by atoms with Gasteiger partial charge in [-0.2, -0.15) is 0 Å². The molecule has 2 aromatic carbocycles. The van der Waals surface area contributed by atoms with Crippen LogP contribution in [-0.4, -0.2) is 36.9 Å². The Morgan fingerprint density at radius 1 is 1.11 bits per heavy atom. The highest BCUT2D eigenvalue weighted by molar-refractivity contribution is 6.34. The molecule has 0 fully saturated rings. The van der Waals surface area contributed by atoms with E-state index in [1.165, 1.54) is 12.1 Å². The Hall–Kier alpha value is -3.55. The lowest BCUT2D eigenvalue weighted by molar-refractivity contribution is -0.385. The standard InChI is InChI=1S/C19H17NO7/c1-26-19(23)18(22)11-16-10-15(6-7-17(16)20(24)25)14-4-2-13(3-5-14)8-9-27-12-21/h2-7,10,12H,8-9,11H2,1H3. The number of ether oxygens (including phenoxy) is 2. The summed E-state index contributed by atoms with van der Waals surface area (Å²) in [6.07, 6.45) is 0.149. The van der Waals surface area contributed by atoms with E-state index in [1.54, 1.807) is 6.07 Å². The molecule has 0 amide bonds. The van der Waals surface area contributed by atoms with Crippen molar-refractivity contribution in [1.82, 2.24) is 0 Å². The van der Waals surface area contributed by atoms with Crippen LogP contribution in [0.2, 0.25) is 0 Å². The fourth-order valence-electron chi connectivity index (χ4n) is 2.53. The normalized spacial score (nSPS) is 10.1. The number of methoxy groups -OCH3 is 1. The van der Waals surface area contributed by atoms with Crippen molar-refractivity contribution in [2.45, 2.75) is 12.8 Å². The minimum atomic E-state index is -1.04. The van der Waals surface area contributed by atoms with E-state index in [-0.39, 0.29) is 17.9 Å². The number of hydrogen-bond donors (Lipinski definition) is 0. The van der Waals surface area contributed by atoms with Gasteiger partial charge in [0.05, 0.1) is 18.6 Å². The van der Waals surface area contributed by atoms with Gasteiger partial charge in [0.25, 0.3) is 12.2 Å². The van der Waals surface area contributed by atoms with Gasteiger partial charge >= 0.3 is 5.97 Å². The van der Waals surface area contributed by atoms with Crippen LogP contribution in [0.3, 0.4) is 0 Å². The van der Waals surface area contributed by atoms with Crippen LogP contribution in [0.1, 0.15) is 11.1 Å². The van der Waals surface area contributed by atoms with Crippen LogP contribution in [-0.2, 0) is 36.7 Å². The highest BCUT2D eigenvalue weighted by Crippen LogP contribution is 2.27. The molecule has 27 heavy (non-hydrogen) atoms. The quantitative estimate of drug-likeness (QED) is 0.166. The number of carbonyl (C=O) groups is 3. The molecule has 2 aromatic rings. The predicted molar refractivity (Wildman–Crippen MR) is 95.0 cm³/mol. The molecule has 0 aliphatic carbocycles. The van der Waals surface area contributed by atoms with Gasteiger partial charge in [0.1, 0.15) is 0 Å². The van der Waals surface area contributed by atoms with Gasteiger partial charge in [0, 0.05) is 24.5 Å². The summed E-state index contributed by atoms with van der Waals surface area (Å²) in [5.41, 5.74) is 2.32. The summed E-state index contributed by atoms with van der Waals surface area (Å²) in [6, 6.07) is 11.8. The summed E-state index contributed by atoms with van der Waals surface area (Å²) >= 11 is 0. The first-order valence-electron chi connectivity index (χ1n) is 7.99. The third-order valence-corrected chi connectivity index (χ3v) is 3.90. The molecule has 0 saturated heterocycles. The van der Waals surface area contributed by atoms with Crippen LogP contribution in [0.4, 0.5) is 5.69 Å². The number of nitro groups is 1. The fraction of sp³-hybridized carbons (Fsp3) is 0.211. The molecule has 0 bridgehead atoms. The zero-order valence-electron chi connectivity index (χ0n) is 14.5. The number of nitro benzene ring substituents is 1. The summed E-state index contributed by atoms with van der Waals surface area (Å²) in [5, 5.41) is 11.2. The van der Waals surface area contributed by atoms with Crippen molar-refractivity contribution in [3.05, 3.63) is 63.7 Å². The maximum atomic E-state index is 11.8. The first kappa shape index (κ1) is 19.8. The van der Waals surface area contributed by atoms with Crippen molar-refractivity contribution in [1.29, 1.82) is 0 Å². The molecule has 8 heteroatoms. The molecule has 0 saturated carbocycles. The molecule has 0 aliphatic heterocycles. The maximum Gasteiger partial charge on any atom is 0.374 e. The van der Waals surface area contributed by atoms with E-state index in [0.717, 1.165) is 18.2 Å². The largest absolute Gasteiger partial charge is 0.468 e. The van der Waals surface area contributed by atoms with E-state index in [4.69, 9.17) is 0 Å². The number of hydrogen-bond acceptors (Lipinski definition) is 7. The molecule has 0 heterocycles. The Morgan fingerprint density at radius 2 is 1.78 bits per heavy atom. The topological polar surface area (TPSA) is 113 Å². The van der Waals surface area contributed by atoms with Crippen LogP contribution < -0.4 is 0 Å². The van der Waals surface area contributed by atoms with Crippen LogP contribution in [0, 0.1) is 10.1 Å². The van der Waals surface area contributed by atoms with E-state index in [2.05, 4.69) is 9.47 Å². The van der Waals surface area contributed by atoms with E-state index in [0.29, 0.717) is 18.5 Å². The highest BCUT2D eigenvalue weighted by Gasteiger charge is 2.21. The summed E-state index contributed by atoms with van der Waals surface area (Å²) in [7, 11) is 1.08. The lowest BCUT2D eigenvalue weighted by Gasteiger charge is -2.08. The Bertz CT molecular complexity index is 859. The molecular weight excluding hydrogens is 354 g/mol. The number of benzene rings is 2. The van der Waals surface area contributed by atoms with E-state index >= 15 is 0 Å². The molecule has 0 spiro atoms. The van der Waals surface area contributed by atoms with Crippen molar-refractivity contribution in [2.24, 2.45) is 0 Å². The smallest absolute Gasteiger partial charge is 0.374 e. The number of esters is 1. The molecule has 0 N–H and O–H groups in total. The molecular formula is C19H17NO7. The molecule has 0 unspecified atom stereocenters. The lowest BCUT2D eigenvalue weighted by Crippen LogP contribution is -2.18. The fourth-order valence-corrected chi connectivity index (χ4v) is 2.53. The van der Waals surface area contributed by atoms with Crippen molar-refractivity contribution in [2.75, 3.05) is 13.7 Å². The summed E-state index contributed by atoms with van der Waals surface area (Å²) < 4.78 is 9.02. The SMILES string of the molecule is COC(=O)C(=O)Cc1cc(-c2ccc(CCOC=O)cc2)ccc1[N+](=O)[O-]. The second-order valence-corrected chi connectivity index (χ2v) is 5.61. The van der Waals surface area contributed by atoms with Gasteiger partial charge in [0.2, 0.25) is 5.78 Å². The molecule has 2 rings (SSSR count). The van der Waals surface area contributed by atoms with E-state index in [9.17, 15) is 24.5 Å². The van der Waals surface area contributed by atoms with Gasteiger partial charge in [-0.25, -0.2) is 4.79 Å². The van der Waals surface area contributed by atoms with E-state index in [1.807, 2.05) is 24.3 Å². The van der Waals surface area contributed by atoms with E-state index < -0.39 is 23.1 Å². The number of nitrogens with zero attached hydrogens (tertiary/aromatic N) is 1. The van der Waals surface area contributed by atoms with Crippen molar-refractivity contribution in [3.8, 4) is 11.1 Å². The Balaban J connectivity index is 2.28. The highest BCUT2D eigenvalue weighted by atomic mass is 16.6. The first-order chi connectivity index (χ1) is 13.0. The molecule has 8 nitrogen and oxygen atoms in total. The van der Waals surface area contributed by atoms with Gasteiger partial charge in [-0.1, -0.05) is 24.3 Å². The zero-order valence-corrected chi connectivity index (χ0v) is 14.5. The van der Waals surface area contributed by atoms with Crippen LogP contribution in [0.5, 0.6) is 0 Å². The maximum absolute atomic E-state index is 11.8. The minimum absolute atomic E-state index is 0.136. The number of rotatable bonds is 9. The molecule has 0 aliphatic rings. The van der Waals surface area contributed by atoms with Crippen molar-refractivity contribution >= 4 is 23.9 Å². The second kappa shape index (κ2) is 9.23. The first-order valence-corrected chi connectivity index (χ1v) is 7.99. The van der Waals surface area contributed by atoms with Gasteiger partial charge in [0.15, 0.2) is 0 Å². The number of ketones is 1. The summed E-state index contributed by atoms with van der Waals surface area (Å²) in [5.74, 6) is -1.90. The average molecular weight is 371 g/mol. The summed E-state index contributed by atoms with van der Waals surface area (Å²) in [4.78, 5) is 43.9. The predicted octanol–water partition coefficient (Wildman–Crippen LogP) is 2.26. The Kier molecular flexibility index (Phi) is 6.76. The van der Waals surface area contributed by atoms with Gasteiger partial charge < -0.3 is 9.47 Å². The molecule has 140 valence electrons.